The normalized spacial score (nSPS) is 19.7. The molecule has 3 atom stereocenters. The van der Waals surface area contributed by atoms with Crippen LogP contribution in [0.2, 0.25) is 0 Å². The van der Waals surface area contributed by atoms with Gasteiger partial charge in [-0.2, -0.15) is 0 Å². The highest BCUT2D eigenvalue weighted by molar-refractivity contribution is 5.99. The molecule has 2 amide bonds. The minimum Gasteiger partial charge on any atom is -0.493 e. The average Bonchev–Trinajstić information content (AvgIpc) is 3.51. The van der Waals surface area contributed by atoms with E-state index in [1.165, 1.54) is 6.08 Å². The molecule has 2 aromatic rings. The molecule has 0 spiro atoms. The van der Waals surface area contributed by atoms with Crippen molar-refractivity contribution < 1.29 is 28.6 Å². The third-order valence-electron chi connectivity index (χ3n) is 6.44. The van der Waals surface area contributed by atoms with Gasteiger partial charge in [0.2, 0.25) is 5.91 Å². The van der Waals surface area contributed by atoms with E-state index < -0.39 is 12.0 Å². The lowest BCUT2D eigenvalue weighted by Crippen LogP contribution is -2.36. The van der Waals surface area contributed by atoms with E-state index in [1.54, 1.807) is 26.2 Å². The van der Waals surface area contributed by atoms with Gasteiger partial charge in [0.25, 0.3) is 5.91 Å². The Kier molecular flexibility index (Phi) is 8.66. The minimum atomic E-state index is -0.525. The first-order valence-electron chi connectivity index (χ1n) is 12.6. The number of ether oxygens (including phenoxy) is 3. The maximum Gasteiger partial charge on any atom is 0.330 e. The van der Waals surface area contributed by atoms with Gasteiger partial charge in [-0.25, -0.2) is 4.79 Å². The van der Waals surface area contributed by atoms with Crippen LogP contribution in [0, 0.1) is 11.8 Å². The summed E-state index contributed by atoms with van der Waals surface area (Å²) in [6.45, 7) is 3.09. The van der Waals surface area contributed by atoms with Gasteiger partial charge in [0.05, 0.1) is 20.3 Å². The Hall–Kier alpha value is -4.01. The summed E-state index contributed by atoms with van der Waals surface area (Å²) in [5.74, 6) is 0.325. The number of hydrogen-bond donors (Lipinski definition) is 3. The number of methoxy groups -OCH3 is 1. The average molecular weight is 508 g/mol. The molecule has 9 nitrogen and oxygen atoms in total. The Morgan fingerprint density at radius 1 is 1.22 bits per heavy atom. The van der Waals surface area contributed by atoms with Crippen LogP contribution in [0.15, 0.2) is 54.7 Å². The molecule has 1 aromatic carbocycles. The molecule has 196 valence electrons. The molecule has 9 heteroatoms. The molecule has 37 heavy (non-hydrogen) atoms. The van der Waals surface area contributed by atoms with E-state index in [1.807, 2.05) is 24.3 Å². The van der Waals surface area contributed by atoms with Crippen LogP contribution in [-0.4, -0.2) is 55.7 Å². The fourth-order valence-electron chi connectivity index (χ4n) is 4.48. The van der Waals surface area contributed by atoms with Crippen LogP contribution in [0.1, 0.15) is 36.7 Å². The fraction of sp³-hybridized carbons (Fsp3) is 0.393. The van der Waals surface area contributed by atoms with E-state index in [0.29, 0.717) is 43.2 Å². The number of carbonyl (C=O) groups excluding carboxylic acids is 3. The summed E-state index contributed by atoms with van der Waals surface area (Å²) < 4.78 is 16.5. The molecule has 1 aliphatic carbocycles. The van der Waals surface area contributed by atoms with Crippen LogP contribution in [0.4, 0.5) is 0 Å². The third kappa shape index (κ3) is 6.81. The summed E-state index contributed by atoms with van der Waals surface area (Å²) in [5.41, 5.74) is 1.08. The second kappa shape index (κ2) is 12.3. The Balaban J connectivity index is 1.49. The number of carbonyl (C=O) groups is 3. The number of benzene rings is 1. The zero-order valence-corrected chi connectivity index (χ0v) is 21.1. The molecule has 3 N–H and O–H groups in total. The maximum atomic E-state index is 13.2. The Labute approximate surface area is 215 Å². The summed E-state index contributed by atoms with van der Waals surface area (Å²) in [5, 5.41) is 6.53. The van der Waals surface area contributed by atoms with Gasteiger partial charge in [-0.15, -0.1) is 0 Å². The highest BCUT2D eigenvalue weighted by Crippen LogP contribution is 2.33. The van der Waals surface area contributed by atoms with Crippen LogP contribution in [-0.2, 0) is 14.3 Å². The summed E-state index contributed by atoms with van der Waals surface area (Å²) >= 11 is 0. The molecule has 2 aliphatic rings. The van der Waals surface area contributed by atoms with Crippen molar-refractivity contribution in [1.29, 1.82) is 0 Å². The number of nitrogens with one attached hydrogen (secondary N) is 3. The van der Waals surface area contributed by atoms with Gasteiger partial charge in [0, 0.05) is 47.5 Å². The molecule has 1 saturated heterocycles. The van der Waals surface area contributed by atoms with Crippen molar-refractivity contribution in [3.63, 3.8) is 0 Å². The van der Waals surface area contributed by atoms with Crippen molar-refractivity contribution >= 4 is 28.7 Å². The number of aromatic amines is 1. The van der Waals surface area contributed by atoms with Gasteiger partial charge in [0.15, 0.2) is 11.5 Å². The van der Waals surface area contributed by atoms with Crippen LogP contribution in [0.3, 0.4) is 0 Å². The van der Waals surface area contributed by atoms with Crippen LogP contribution in [0.25, 0.3) is 10.9 Å². The van der Waals surface area contributed by atoms with E-state index in [4.69, 9.17) is 14.2 Å². The molecule has 1 unspecified atom stereocenters. The lowest BCUT2D eigenvalue weighted by Gasteiger charge is -2.17. The number of fused-ring (bicyclic) bond motifs is 1. The summed E-state index contributed by atoms with van der Waals surface area (Å²) in [7, 11) is 1.58. The molecule has 4 rings (SSSR count). The number of aromatic nitrogens is 1. The Morgan fingerprint density at radius 3 is 2.78 bits per heavy atom. The number of rotatable bonds is 11. The first-order valence-corrected chi connectivity index (χ1v) is 12.6. The number of esters is 1. The Bertz CT molecular complexity index is 1230. The van der Waals surface area contributed by atoms with E-state index in [9.17, 15) is 14.4 Å². The zero-order valence-electron chi connectivity index (χ0n) is 21.1. The van der Waals surface area contributed by atoms with E-state index in [2.05, 4.69) is 27.8 Å². The highest BCUT2D eigenvalue weighted by Gasteiger charge is 2.27. The third-order valence-corrected chi connectivity index (χ3v) is 6.44. The molecular weight excluding hydrogens is 474 g/mol. The molecule has 0 radical (unpaired) electrons. The first kappa shape index (κ1) is 26.1. The number of amides is 2. The number of allylic oxidation sites excluding steroid dienone is 3. The van der Waals surface area contributed by atoms with Gasteiger partial charge in [-0.1, -0.05) is 30.4 Å². The van der Waals surface area contributed by atoms with Gasteiger partial charge >= 0.3 is 5.97 Å². The second-order valence-corrected chi connectivity index (χ2v) is 9.10. The van der Waals surface area contributed by atoms with Crippen molar-refractivity contribution in [2.45, 2.75) is 32.2 Å². The van der Waals surface area contributed by atoms with E-state index in [0.717, 1.165) is 17.3 Å². The molecule has 1 fully saturated rings. The first-order chi connectivity index (χ1) is 18.0. The summed E-state index contributed by atoms with van der Waals surface area (Å²) in [4.78, 5) is 40.2. The molecule has 1 aromatic heterocycles. The van der Waals surface area contributed by atoms with Crippen molar-refractivity contribution in [1.82, 2.24) is 15.6 Å². The van der Waals surface area contributed by atoms with Gasteiger partial charge < -0.3 is 29.8 Å². The Morgan fingerprint density at radius 2 is 2.08 bits per heavy atom. The molecule has 0 bridgehead atoms. The molecule has 1 aliphatic heterocycles. The SMILES string of the molecule is CCOC(=O)C=C[C@H](C[C@@H]1CCNC1=O)NC(=O)c1cc2cc(OC)c(OCC3C=CC=CC3)cc2[nH]1. The quantitative estimate of drug-likeness (QED) is 0.317. The lowest BCUT2D eigenvalue weighted by atomic mass is 9.98. The number of H-pyrrole nitrogens is 1. The predicted octanol–water partition coefficient (Wildman–Crippen LogP) is 3.43. The van der Waals surface area contributed by atoms with Crippen molar-refractivity contribution in [3.05, 3.63) is 60.3 Å². The van der Waals surface area contributed by atoms with Gasteiger partial charge in [-0.3, -0.25) is 9.59 Å². The van der Waals surface area contributed by atoms with Crippen molar-refractivity contribution in [2.24, 2.45) is 11.8 Å². The van der Waals surface area contributed by atoms with Gasteiger partial charge in [-0.05, 0) is 38.3 Å². The van der Waals surface area contributed by atoms with Gasteiger partial charge in [0.1, 0.15) is 5.69 Å². The van der Waals surface area contributed by atoms with E-state index in [-0.39, 0.29) is 30.3 Å². The molecular formula is C28H33N3O6. The van der Waals surface area contributed by atoms with Crippen LogP contribution in [0.5, 0.6) is 11.5 Å². The largest absolute Gasteiger partial charge is 0.493 e. The maximum absolute atomic E-state index is 13.2. The summed E-state index contributed by atoms with van der Waals surface area (Å²) in [6, 6.07) is 4.87. The van der Waals surface area contributed by atoms with E-state index >= 15 is 0 Å². The van der Waals surface area contributed by atoms with Crippen molar-refractivity contribution in [3.8, 4) is 11.5 Å². The second-order valence-electron chi connectivity index (χ2n) is 9.10. The predicted molar refractivity (Wildman–Crippen MR) is 139 cm³/mol. The highest BCUT2D eigenvalue weighted by atomic mass is 16.5. The standard InChI is InChI=1S/C28H33N3O6/c1-3-36-26(32)10-9-21(13-19-11-12-29-27(19)33)30-28(34)23-14-20-15-24(35-2)25(16-22(20)31-23)37-17-18-7-5-4-6-8-18/h4-7,9-10,14-16,18-19,21,31H,3,8,11-13,17H2,1-2H3,(H,29,33)(H,30,34)/t18?,19-,21+/m0/s1. The van der Waals surface area contributed by atoms with Crippen molar-refractivity contribution in [2.75, 3.05) is 26.9 Å². The lowest BCUT2D eigenvalue weighted by molar-refractivity contribution is -0.137. The smallest absolute Gasteiger partial charge is 0.330 e. The minimum absolute atomic E-state index is 0.0474. The zero-order chi connectivity index (χ0) is 26.2. The molecule has 0 saturated carbocycles. The topological polar surface area (TPSA) is 119 Å². The molecule has 2 heterocycles. The van der Waals surface area contributed by atoms with Crippen LogP contribution < -0.4 is 20.1 Å². The van der Waals surface area contributed by atoms with Crippen LogP contribution >= 0.6 is 0 Å². The monoisotopic (exact) mass is 507 g/mol. The fourth-order valence-corrected chi connectivity index (χ4v) is 4.48. The summed E-state index contributed by atoms with van der Waals surface area (Å²) in [6.07, 6.45) is 13.1. The number of hydrogen-bond acceptors (Lipinski definition) is 6.